The Morgan fingerprint density at radius 3 is 2.42 bits per heavy atom. The first-order chi connectivity index (χ1) is 15.5. The first-order valence-electron chi connectivity index (χ1n) is 10.6. The molecule has 3 rings (SSSR count). The van der Waals surface area contributed by atoms with Gasteiger partial charge in [-0.15, -0.1) is 0 Å². The fourth-order valence-electron chi connectivity index (χ4n) is 3.38. The summed E-state index contributed by atoms with van der Waals surface area (Å²) in [5, 5.41) is 6.12. The number of benzene rings is 1. The van der Waals surface area contributed by atoms with Gasteiger partial charge in [0.25, 0.3) is 5.56 Å². The molecule has 2 aromatic heterocycles. The van der Waals surface area contributed by atoms with Crippen molar-refractivity contribution in [1.29, 1.82) is 0 Å². The molecule has 10 nitrogen and oxygen atoms in total. The number of imidazole rings is 1. The summed E-state index contributed by atoms with van der Waals surface area (Å²) < 4.78 is 4.13. The van der Waals surface area contributed by atoms with Gasteiger partial charge in [0.05, 0.1) is 5.75 Å². The van der Waals surface area contributed by atoms with Crippen LogP contribution in [0, 0.1) is 6.92 Å². The summed E-state index contributed by atoms with van der Waals surface area (Å²) in [7, 11) is 3.00. The van der Waals surface area contributed by atoms with Crippen LogP contribution >= 0.6 is 11.8 Å². The van der Waals surface area contributed by atoms with Crippen molar-refractivity contribution in [3.05, 3.63) is 44.6 Å². The zero-order valence-corrected chi connectivity index (χ0v) is 20.4. The van der Waals surface area contributed by atoms with Gasteiger partial charge < -0.3 is 15.2 Å². The zero-order valence-electron chi connectivity index (χ0n) is 19.6. The second-order valence-electron chi connectivity index (χ2n) is 8.00. The van der Waals surface area contributed by atoms with Gasteiger partial charge in [-0.25, -0.2) is 9.78 Å². The maximum Gasteiger partial charge on any atom is 0.332 e. The van der Waals surface area contributed by atoms with Crippen LogP contribution in [0.5, 0.6) is 0 Å². The third-order valence-corrected chi connectivity index (χ3v) is 6.18. The van der Waals surface area contributed by atoms with Gasteiger partial charge in [-0.3, -0.25) is 23.5 Å². The van der Waals surface area contributed by atoms with Gasteiger partial charge in [-0.1, -0.05) is 24.8 Å². The number of rotatable bonds is 7. The number of anilines is 2. The maximum absolute atomic E-state index is 12.7. The van der Waals surface area contributed by atoms with Crippen LogP contribution < -0.4 is 21.9 Å². The number of carbonyl (C=O) groups is 2. The van der Waals surface area contributed by atoms with E-state index in [9.17, 15) is 19.2 Å². The van der Waals surface area contributed by atoms with E-state index in [4.69, 9.17) is 0 Å². The Labute approximate surface area is 195 Å². The minimum atomic E-state index is -0.458. The number of hydrogen-bond acceptors (Lipinski definition) is 6. The van der Waals surface area contributed by atoms with Crippen molar-refractivity contribution >= 4 is 46.1 Å². The predicted octanol–water partition coefficient (Wildman–Crippen LogP) is 2.40. The lowest BCUT2D eigenvalue weighted by Gasteiger charge is -2.13. The molecule has 1 aromatic carbocycles. The molecule has 0 atom stereocenters. The van der Waals surface area contributed by atoms with E-state index in [-0.39, 0.29) is 29.3 Å². The van der Waals surface area contributed by atoms with E-state index in [1.165, 1.54) is 23.4 Å². The van der Waals surface area contributed by atoms with E-state index in [0.29, 0.717) is 28.5 Å². The second kappa shape index (κ2) is 9.65. The van der Waals surface area contributed by atoms with Crippen molar-refractivity contribution in [2.75, 3.05) is 16.4 Å². The first kappa shape index (κ1) is 24.3. The molecule has 0 fully saturated rings. The minimum absolute atomic E-state index is 0.0504. The molecule has 33 heavy (non-hydrogen) atoms. The Kier molecular flexibility index (Phi) is 7.11. The highest BCUT2D eigenvalue weighted by Gasteiger charge is 2.21. The van der Waals surface area contributed by atoms with Crippen LogP contribution in [0.2, 0.25) is 0 Å². The Bertz CT molecular complexity index is 1350. The summed E-state index contributed by atoms with van der Waals surface area (Å²) >= 11 is 1.19. The molecule has 0 spiro atoms. The largest absolute Gasteiger partial charge is 0.332 e. The average Bonchev–Trinajstić information content (AvgIpc) is 3.17. The fraction of sp³-hybridized carbons (Fsp3) is 0.409. The van der Waals surface area contributed by atoms with Gasteiger partial charge in [0, 0.05) is 37.9 Å². The monoisotopic (exact) mass is 472 g/mol. The number of amides is 2. The van der Waals surface area contributed by atoms with Gasteiger partial charge in [0.1, 0.15) is 0 Å². The Balaban J connectivity index is 1.84. The molecule has 0 aliphatic carbocycles. The summed E-state index contributed by atoms with van der Waals surface area (Å²) in [5.74, 6) is -0.319. The van der Waals surface area contributed by atoms with Crippen molar-refractivity contribution in [3.8, 4) is 0 Å². The number of carbonyl (C=O) groups excluding carboxylic acids is 2. The molecule has 0 saturated carbocycles. The highest BCUT2D eigenvalue weighted by atomic mass is 32.2. The van der Waals surface area contributed by atoms with Crippen LogP contribution in [0.4, 0.5) is 11.4 Å². The van der Waals surface area contributed by atoms with Crippen molar-refractivity contribution in [1.82, 2.24) is 18.7 Å². The van der Waals surface area contributed by atoms with Gasteiger partial charge in [-0.05, 0) is 38.5 Å². The molecule has 176 valence electrons. The molecule has 0 bridgehead atoms. The Morgan fingerprint density at radius 1 is 1.09 bits per heavy atom. The summed E-state index contributed by atoms with van der Waals surface area (Å²) in [6.45, 7) is 7.47. The summed E-state index contributed by atoms with van der Waals surface area (Å²) in [5.41, 5.74) is 1.83. The van der Waals surface area contributed by atoms with E-state index >= 15 is 0 Å². The molecule has 11 heteroatoms. The lowest BCUT2D eigenvalue weighted by Crippen LogP contribution is -2.37. The van der Waals surface area contributed by atoms with Gasteiger partial charge >= 0.3 is 5.69 Å². The summed E-state index contributed by atoms with van der Waals surface area (Å²) in [6.07, 6.45) is 0.359. The smallest absolute Gasteiger partial charge is 0.326 e. The van der Waals surface area contributed by atoms with E-state index in [1.807, 2.05) is 26.8 Å². The van der Waals surface area contributed by atoms with Crippen LogP contribution in [-0.4, -0.2) is 36.3 Å². The molecule has 0 unspecified atom stereocenters. The molecule has 0 aliphatic heterocycles. The quantitative estimate of drug-likeness (QED) is 0.510. The third-order valence-electron chi connectivity index (χ3n) is 5.22. The molecule has 0 saturated heterocycles. The Morgan fingerprint density at radius 2 is 1.79 bits per heavy atom. The topological polar surface area (TPSA) is 120 Å². The minimum Gasteiger partial charge on any atom is -0.326 e. The van der Waals surface area contributed by atoms with Crippen LogP contribution in [0.3, 0.4) is 0 Å². The Hall–Kier alpha value is -3.34. The van der Waals surface area contributed by atoms with Crippen molar-refractivity contribution in [3.63, 3.8) is 0 Å². The SMILES string of the molecule is CCC(=O)Nc1cc(NC(=O)CSc2nc3c(c(=O)n(C)c(=O)n3C)n2C(C)C)ccc1C. The van der Waals surface area contributed by atoms with E-state index in [2.05, 4.69) is 15.6 Å². The summed E-state index contributed by atoms with van der Waals surface area (Å²) in [4.78, 5) is 53.9. The number of aryl methyl sites for hydroxylation is 2. The van der Waals surface area contributed by atoms with Crippen LogP contribution in [0.25, 0.3) is 11.2 Å². The zero-order chi connectivity index (χ0) is 24.4. The van der Waals surface area contributed by atoms with Crippen LogP contribution in [0.1, 0.15) is 38.8 Å². The maximum atomic E-state index is 12.7. The molecule has 2 amide bonds. The first-order valence-corrected chi connectivity index (χ1v) is 11.5. The normalized spacial score (nSPS) is 11.2. The number of fused-ring (bicyclic) bond motifs is 1. The number of nitrogens with one attached hydrogen (secondary N) is 2. The predicted molar refractivity (Wildman–Crippen MR) is 130 cm³/mol. The molecule has 0 radical (unpaired) electrons. The number of aromatic nitrogens is 4. The number of nitrogens with zero attached hydrogens (tertiary/aromatic N) is 4. The lowest BCUT2D eigenvalue weighted by atomic mass is 10.1. The third kappa shape index (κ3) is 4.87. The molecular weight excluding hydrogens is 444 g/mol. The summed E-state index contributed by atoms with van der Waals surface area (Å²) in [6, 6.07) is 5.20. The second-order valence-corrected chi connectivity index (χ2v) is 8.95. The van der Waals surface area contributed by atoms with Crippen LogP contribution in [0.15, 0.2) is 32.9 Å². The lowest BCUT2D eigenvalue weighted by molar-refractivity contribution is -0.116. The number of thioether (sulfide) groups is 1. The highest BCUT2D eigenvalue weighted by molar-refractivity contribution is 7.99. The standard InChI is InChI=1S/C22H28N6O4S/c1-7-16(29)24-15-10-14(9-8-13(15)4)23-17(30)11-33-21-25-19-18(28(21)12(2)3)20(31)27(6)22(32)26(19)5/h8-10,12H,7,11H2,1-6H3,(H,23,30)(H,24,29). The van der Waals surface area contributed by atoms with Gasteiger partial charge in [-0.2, -0.15) is 0 Å². The van der Waals surface area contributed by atoms with E-state index < -0.39 is 11.2 Å². The van der Waals surface area contributed by atoms with Gasteiger partial charge in [0.15, 0.2) is 16.3 Å². The van der Waals surface area contributed by atoms with E-state index in [1.54, 1.807) is 30.7 Å². The van der Waals surface area contributed by atoms with E-state index in [0.717, 1.165) is 10.1 Å². The number of hydrogen-bond donors (Lipinski definition) is 2. The molecular formula is C22H28N6O4S. The molecule has 2 N–H and O–H groups in total. The van der Waals surface area contributed by atoms with Crippen LogP contribution in [-0.2, 0) is 23.7 Å². The average molecular weight is 473 g/mol. The van der Waals surface area contributed by atoms with Crippen molar-refractivity contribution in [2.45, 2.75) is 45.3 Å². The molecule has 2 heterocycles. The molecule has 3 aromatic rings. The highest BCUT2D eigenvalue weighted by Crippen LogP contribution is 2.26. The van der Waals surface area contributed by atoms with Gasteiger partial charge in [0.2, 0.25) is 11.8 Å². The van der Waals surface area contributed by atoms with Crippen molar-refractivity contribution in [2.24, 2.45) is 14.1 Å². The fourth-order valence-corrected chi connectivity index (χ4v) is 4.30. The van der Waals surface area contributed by atoms with Crippen molar-refractivity contribution < 1.29 is 9.59 Å². The molecule has 0 aliphatic rings.